The molecule has 0 fully saturated rings. The highest BCUT2D eigenvalue weighted by atomic mass is 16.7. The standard InChI is InChI=1S/C36H40O4/c1-26(2)23-35(38-32-17-9-28(4)10-18-32)24-36(39-33-19-11-29(5)12-20-33,40-34-21-13-30(6)14-22-34)25-37-31-15-7-27(3)8-16-31/h7-23,26H,24-25H2,1-6H3/b35-23+. The fraction of sp³-hybridized carbons (Fsp3) is 0.278. The summed E-state index contributed by atoms with van der Waals surface area (Å²) in [4.78, 5) is 0. The van der Waals surface area contributed by atoms with Crippen LogP contribution >= 0.6 is 0 Å². The van der Waals surface area contributed by atoms with Gasteiger partial charge in [-0.05, 0) is 88.2 Å². The monoisotopic (exact) mass is 536 g/mol. The molecule has 0 unspecified atom stereocenters. The predicted molar refractivity (Wildman–Crippen MR) is 162 cm³/mol. The van der Waals surface area contributed by atoms with Crippen LogP contribution in [0.25, 0.3) is 0 Å². The van der Waals surface area contributed by atoms with Crippen LogP contribution in [-0.4, -0.2) is 12.4 Å². The Morgan fingerprint density at radius 2 is 0.950 bits per heavy atom. The first-order chi connectivity index (χ1) is 19.2. The number of benzene rings is 4. The van der Waals surface area contributed by atoms with Crippen molar-refractivity contribution in [1.29, 1.82) is 0 Å². The van der Waals surface area contributed by atoms with Crippen molar-refractivity contribution < 1.29 is 18.9 Å². The second-order valence-electron chi connectivity index (χ2n) is 10.8. The molecule has 208 valence electrons. The molecule has 4 heteroatoms. The van der Waals surface area contributed by atoms with Crippen molar-refractivity contribution >= 4 is 0 Å². The van der Waals surface area contributed by atoms with Gasteiger partial charge in [-0.15, -0.1) is 0 Å². The third-order valence-corrected chi connectivity index (χ3v) is 6.36. The molecule has 0 amide bonds. The maximum atomic E-state index is 6.74. The van der Waals surface area contributed by atoms with Gasteiger partial charge in [0, 0.05) is 0 Å². The molecule has 0 aromatic heterocycles. The molecule has 0 atom stereocenters. The van der Waals surface area contributed by atoms with E-state index in [4.69, 9.17) is 18.9 Å². The number of hydrogen-bond donors (Lipinski definition) is 0. The molecule has 0 aliphatic rings. The first-order valence-corrected chi connectivity index (χ1v) is 13.8. The van der Waals surface area contributed by atoms with Crippen molar-refractivity contribution in [2.24, 2.45) is 5.92 Å². The molecule has 0 N–H and O–H groups in total. The highest BCUT2D eigenvalue weighted by Gasteiger charge is 2.39. The summed E-state index contributed by atoms with van der Waals surface area (Å²) in [7, 11) is 0. The van der Waals surface area contributed by atoms with Gasteiger partial charge in [0.2, 0.25) is 0 Å². The van der Waals surface area contributed by atoms with E-state index in [0.717, 1.165) is 28.4 Å². The van der Waals surface area contributed by atoms with Crippen molar-refractivity contribution in [3.63, 3.8) is 0 Å². The molecular weight excluding hydrogens is 496 g/mol. The first kappa shape index (κ1) is 28.8. The number of allylic oxidation sites excluding steroid dienone is 1. The maximum Gasteiger partial charge on any atom is 0.292 e. The third kappa shape index (κ3) is 8.67. The van der Waals surface area contributed by atoms with E-state index < -0.39 is 5.79 Å². The van der Waals surface area contributed by atoms with E-state index in [-0.39, 0.29) is 12.5 Å². The van der Waals surface area contributed by atoms with Crippen molar-refractivity contribution in [2.45, 2.75) is 53.8 Å². The van der Waals surface area contributed by atoms with Gasteiger partial charge in [-0.25, -0.2) is 0 Å². The van der Waals surface area contributed by atoms with Crippen LogP contribution in [0.1, 0.15) is 42.5 Å². The molecule has 4 aromatic carbocycles. The van der Waals surface area contributed by atoms with Crippen molar-refractivity contribution in [2.75, 3.05) is 6.61 Å². The van der Waals surface area contributed by atoms with Gasteiger partial charge >= 0.3 is 0 Å². The van der Waals surface area contributed by atoms with Crippen LogP contribution in [0.3, 0.4) is 0 Å². The molecule has 0 aliphatic heterocycles. The summed E-state index contributed by atoms with van der Waals surface area (Å²) in [5.74, 6) is 2.62. The average molecular weight is 537 g/mol. The van der Waals surface area contributed by atoms with E-state index >= 15 is 0 Å². The van der Waals surface area contributed by atoms with Crippen molar-refractivity contribution in [3.8, 4) is 23.0 Å². The lowest BCUT2D eigenvalue weighted by atomic mass is 10.1. The largest absolute Gasteiger partial charge is 0.485 e. The van der Waals surface area contributed by atoms with Crippen molar-refractivity contribution in [3.05, 3.63) is 131 Å². The SMILES string of the molecule is Cc1ccc(OCC(C/C(=C\C(C)C)Oc2ccc(C)cc2)(Oc2ccc(C)cc2)Oc2ccc(C)cc2)cc1. The van der Waals surface area contributed by atoms with Crippen LogP contribution in [0.5, 0.6) is 23.0 Å². The molecule has 0 radical (unpaired) electrons. The molecule has 0 saturated carbocycles. The van der Waals surface area contributed by atoms with Crippen LogP contribution in [0.4, 0.5) is 0 Å². The topological polar surface area (TPSA) is 36.9 Å². The van der Waals surface area contributed by atoms with Gasteiger partial charge in [0.05, 0.1) is 6.42 Å². The molecule has 0 saturated heterocycles. The normalized spacial score (nSPS) is 11.8. The van der Waals surface area contributed by atoms with E-state index in [1.165, 1.54) is 11.1 Å². The summed E-state index contributed by atoms with van der Waals surface area (Å²) in [5.41, 5.74) is 4.64. The fourth-order valence-corrected chi connectivity index (χ4v) is 4.20. The Hall–Kier alpha value is -4.18. The lowest BCUT2D eigenvalue weighted by Gasteiger charge is -2.35. The Kier molecular flexibility index (Phi) is 9.55. The zero-order chi connectivity index (χ0) is 28.5. The molecule has 4 aromatic rings. The number of rotatable bonds is 12. The summed E-state index contributed by atoms with van der Waals surface area (Å²) in [6.07, 6.45) is 2.42. The van der Waals surface area contributed by atoms with E-state index in [1.54, 1.807) is 0 Å². The molecule has 40 heavy (non-hydrogen) atoms. The fourth-order valence-electron chi connectivity index (χ4n) is 4.20. The van der Waals surface area contributed by atoms with E-state index in [2.05, 4.69) is 47.6 Å². The molecular formula is C36H40O4. The second-order valence-corrected chi connectivity index (χ2v) is 10.8. The van der Waals surface area contributed by atoms with Gasteiger partial charge in [-0.2, -0.15) is 0 Å². The summed E-state index contributed by atoms with van der Waals surface area (Å²) in [5, 5.41) is 0. The number of hydrogen-bond acceptors (Lipinski definition) is 4. The van der Waals surface area contributed by atoms with E-state index in [1.807, 2.05) is 97.1 Å². The zero-order valence-corrected chi connectivity index (χ0v) is 24.4. The average Bonchev–Trinajstić information content (AvgIpc) is 2.92. The molecule has 0 spiro atoms. The zero-order valence-electron chi connectivity index (χ0n) is 24.4. The summed E-state index contributed by atoms with van der Waals surface area (Å²) >= 11 is 0. The van der Waals surface area contributed by atoms with Gasteiger partial charge < -0.3 is 18.9 Å². The minimum atomic E-state index is -1.24. The van der Waals surface area contributed by atoms with Crippen LogP contribution < -0.4 is 18.9 Å². The van der Waals surface area contributed by atoms with Crippen LogP contribution in [0.15, 0.2) is 109 Å². The first-order valence-electron chi connectivity index (χ1n) is 13.8. The second kappa shape index (κ2) is 13.3. The van der Waals surface area contributed by atoms with Crippen LogP contribution in [0, 0.1) is 33.6 Å². The molecule has 0 aliphatic carbocycles. The van der Waals surface area contributed by atoms with Crippen LogP contribution in [0.2, 0.25) is 0 Å². The maximum absolute atomic E-state index is 6.74. The lowest BCUT2D eigenvalue weighted by Crippen LogP contribution is -2.49. The third-order valence-electron chi connectivity index (χ3n) is 6.36. The Balaban J connectivity index is 1.75. The lowest BCUT2D eigenvalue weighted by molar-refractivity contribution is -0.141. The van der Waals surface area contributed by atoms with Gasteiger partial charge in [-0.3, -0.25) is 0 Å². The van der Waals surface area contributed by atoms with Gasteiger partial charge in [0.25, 0.3) is 5.79 Å². The molecule has 4 nitrogen and oxygen atoms in total. The Bertz CT molecular complexity index is 1320. The predicted octanol–water partition coefficient (Wildman–Crippen LogP) is 9.16. The quantitative estimate of drug-likeness (QED) is 0.134. The molecule has 4 rings (SSSR count). The smallest absolute Gasteiger partial charge is 0.292 e. The van der Waals surface area contributed by atoms with Gasteiger partial charge in [-0.1, -0.05) is 84.6 Å². The number of ether oxygens (including phenoxy) is 4. The minimum absolute atomic E-state index is 0.129. The summed E-state index contributed by atoms with van der Waals surface area (Å²) in [6.45, 7) is 12.6. The van der Waals surface area contributed by atoms with Crippen LogP contribution in [-0.2, 0) is 0 Å². The highest BCUT2D eigenvalue weighted by Crippen LogP contribution is 2.32. The Labute approximate surface area is 239 Å². The van der Waals surface area contributed by atoms with Gasteiger partial charge in [0.15, 0.2) is 6.61 Å². The Morgan fingerprint density at radius 3 is 1.35 bits per heavy atom. The number of aryl methyl sites for hydroxylation is 4. The summed E-state index contributed by atoms with van der Waals surface area (Å²) in [6, 6.07) is 32.0. The highest BCUT2D eigenvalue weighted by molar-refractivity contribution is 5.32. The molecule has 0 heterocycles. The van der Waals surface area contributed by atoms with E-state index in [0.29, 0.717) is 17.9 Å². The van der Waals surface area contributed by atoms with Gasteiger partial charge in [0.1, 0.15) is 28.8 Å². The van der Waals surface area contributed by atoms with Crippen molar-refractivity contribution in [1.82, 2.24) is 0 Å². The minimum Gasteiger partial charge on any atom is -0.485 e. The summed E-state index contributed by atoms with van der Waals surface area (Å²) < 4.78 is 26.3. The Morgan fingerprint density at radius 1 is 0.575 bits per heavy atom. The van der Waals surface area contributed by atoms with E-state index in [9.17, 15) is 0 Å². The molecule has 0 bridgehead atoms.